The molecule has 0 saturated carbocycles. The Kier molecular flexibility index (Phi) is 3.51. The van der Waals surface area contributed by atoms with E-state index in [0.29, 0.717) is 5.02 Å². The molecule has 0 saturated heterocycles. The van der Waals surface area contributed by atoms with Crippen molar-refractivity contribution in [1.29, 1.82) is 5.26 Å². The second-order valence-corrected chi connectivity index (χ2v) is 4.39. The molecule has 0 aromatic heterocycles. The van der Waals surface area contributed by atoms with Crippen LogP contribution in [0.1, 0.15) is 5.56 Å². The van der Waals surface area contributed by atoms with E-state index in [0.717, 1.165) is 12.1 Å². The Hall–Kier alpha value is -1.63. The Morgan fingerprint density at radius 3 is 2.11 bits per heavy atom. The van der Waals surface area contributed by atoms with E-state index in [1.54, 1.807) is 6.07 Å². The molecular formula is C13H5Cl2F2N. The Bertz CT molecular complexity index is 640. The van der Waals surface area contributed by atoms with Crippen LogP contribution in [0.25, 0.3) is 11.1 Å². The molecule has 5 heteroatoms. The number of nitriles is 1. The van der Waals surface area contributed by atoms with Crippen molar-refractivity contribution >= 4 is 23.2 Å². The maximum Gasteiger partial charge on any atom is 0.135 e. The van der Waals surface area contributed by atoms with E-state index in [1.165, 1.54) is 18.2 Å². The number of hydrogen-bond acceptors (Lipinski definition) is 1. The molecule has 0 unspecified atom stereocenters. The lowest BCUT2D eigenvalue weighted by Gasteiger charge is -2.08. The van der Waals surface area contributed by atoms with E-state index in [4.69, 9.17) is 28.5 Å². The summed E-state index contributed by atoms with van der Waals surface area (Å²) in [5, 5.41) is 9.13. The smallest absolute Gasteiger partial charge is 0.135 e. The SMILES string of the molecule is N#Cc1cc(F)c(-c2ccc(Cl)cc2Cl)c(F)c1. The van der Waals surface area contributed by atoms with Gasteiger partial charge < -0.3 is 0 Å². The van der Waals surface area contributed by atoms with Gasteiger partial charge in [-0.3, -0.25) is 0 Å². The lowest BCUT2D eigenvalue weighted by molar-refractivity contribution is 0.589. The molecule has 18 heavy (non-hydrogen) atoms. The molecule has 0 aliphatic rings. The molecule has 90 valence electrons. The highest BCUT2D eigenvalue weighted by Crippen LogP contribution is 2.34. The molecule has 0 atom stereocenters. The van der Waals surface area contributed by atoms with Gasteiger partial charge in [-0.15, -0.1) is 0 Å². The summed E-state index contributed by atoms with van der Waals surface area (Å²) in [4.78, 5) is 0. The van der Waals surface area contributed by atoms with Crippen molar-refractivity contribution in [3.8, 4) is 17.2 Å². The van der Waals surface area contributed by atoms with Gasteiger partial charge in [-0.2, -0.15) is 5.26 Å². The summed E-state index contributed by atoms with van der Waals surface area (Å²) in [6.07, 6.45) is 0. The van der Waals surface area contributed by atoms with Gasteiger partial charge in [0.25, 0.3) is 0 Å². The number of benzene rings is 2. The highest BCUT2D eigenvalue weighted by atomic mass is 35.5. The van der Waals surface area contributed by atoms with E-state index in [2.05, 4.69) is 0 Å². The zero-order valence-electron chi connectivity index (χ0n) is 8.85. The molecular weight excluding hydrogens is 279 g/mol. The minimum absolute atomic E-state index is 0.0844. The molecule has 0 aliphatic carbocycles. The quantitative estimate of drug-likeness (QED) is 0.737. The Morgan fingerprint density at radius 1 is 1.00 bits per heavy atom. The minimum atomic E-state index is -0.837. The van der Waals surface area contributed by atoms with Crippen molar-refractivity contribution in [3.05, 3.63) is 57.6 Å². The molecule has 0 N–H and O–H groups in total. The predicted molar refractivity (Wildman–Crippen MR) is 66.5 cm³/mol. The van der Waals surface area contributed by atoms with Gasteiger partial charge in [-0.1, -0.05) is 29.3 Å². The van der Waals surface area contributed by atoms with Gasteiger partial charge in [-0.05, 0) is 24.3 Å². The molecule has 0 heterocycles. The largest absolute Gasteiger partial charge is 0.206 e. The highest BCUT2D eigenvalue weighted by Gasteiger charge is 2.16. The van der Waals surface area contributed by atoms with E-state index >= 15 is 0 Å². The molecule has 0 aliphatic heterocycles. The van der Waals surface area contributed by atoms with Crippen LogP contribution < -0.4 is 0 Å². The zero-order chi connectivity index (χ0) is 13.3. The number of hydrogen-bond donors (Lipinski definition) is 0. The van der Waals surface area contributed by atoms with Gasteiger partial charge in [0.05, 0.1) is 22.2 Å². The lowest BCUT2D eigenvalue weighted by Crippen LogP contribution is -1.93. The van der Waals surface area contributed by atoms with Crippen LogP contribution in [-0.4, -0.2) is 0 Å². The third-order valence-electron chi connectivity index (χ3n) is 2.37. The van der Waals surface area contributed by atoms with Crippen molar-refractivity contribution in [3.63, 3.8) is 0 Å². The van der Waals surface area contributed by atoms with Crippen LogP contribution in [0, 0.1) is 23.0 Å². The molecule has 0 spiro atoms. The average molecular weight is 284 g/mol. The Labute approximate surface area is 112 Å². The molecule has 2 aromatic rings. The highest BCUT2D eigenvalue weighted by molar-refractivity contribution is 6.36. The summed E-state index contributed by atoms with van der Waals surface area (Å²) >= 11 is 11.6. The summed E-state index contributed by atoms with van der Waals surface area (Å²) in [7, 11) is 0. The van der Waals surface area contributed by atoms with Crippen LogP contribution in [0.15, 0.2) is 30.3 Å². The number of rotatable bonds is 1. The first-order valence-electron chi connectivity index (χ1n) is 4.87. The van der Waals surface area contributed by atoms with Gasteiger partial charge in [0, 0.05) is 10.6 Å². The fourth-order valence-corrected chi connectivity index (χ4v) is 2.09. The van der Waals surface area contributed by atoms with Crippen molar-refractivity contribution in [2.24, 2.45) is 0 Å². The van der Waals surface area contributed by atoms with E-state index in [-0.39, 0.29) is 21.7 Å². The van der Waals surface area contributed by atoms with Gasteiger partial charge in [0.2, 0.25) is 0 Å². The van der Waals surface area contributed by atoms with Crippen molar-refractivity contribution in [2.75, 3.05) is 0 Å². The summed E-state index contributed by atoms with van der Waals surface area (Å²) in [5.41, 5.74) is -0.157. The molecule has 0 radical (unpaired) electrons. The lowest BCUT2D eigenvalue weighted by atomic mass is 10.0. The second kappa shape index (κ2) is 4.93. The van der Waals surface area contributed by atoms with Crippen LogP contribution >= 0.6 is 23.2 Å². The second-order valence-electron chi connectivity index (χ2n) is 3.55. The van der Waals surface area contributed by atoms with E-state index < -0.39 is 11.6 Å². The van der Waals surface area contributed by atoms with Crippen LogP contribution in [0.4, 0.5) is 8.78 Å². The Balaban J connectivity index is 2.68. The van der Waals surface area contributed by atoms with Crippen LogP contribution in [0.2, 0.25) is 10.0 Å². The van der Waals surface area contributed by atoms with E-state index in [9.17, 15) is 8.78 Å². The van der Waals surface area contributed by atoms with Crippen LogP contribution in [0.3, 0.4) is 0 Å². The van der Waals surface area contributed by atoms with Crippen molar-refractivity contribution in [1.82, 2.24) is 0 Å². The first-order valence-corrected chi connectivity index (χ1v) is 5.63. The fourth-order valence-electron chi connectivity index (χ4n) is 1.59. The third kappa shape index (κ3) is 2.31. The normalized spacial score (nSPS) is 10.2. The molecule has 0 bridgehead atoms. The molecule has 0 fully saturated rings. The van der Waals surface area contributed by atoms with Crippen LogP contribution in [-0.2, 0) is 0 Å². The van der Waals surface area contributed by atoms with Crippen molar-refractivity contribution in [2.45, 2.75) is 0 Å². The number of nitrogens with zero attached hydrogens (tertiary/aromatic N) is 1. The monoisotopic (exact) mass is 283 g/mol. The average Bonchev–Trinajstić information content (AvgIpc) is 2.30. The van der Waals surface area contributed by atoms with Gasteiger partial charge >= 0.3 is 0 Å². The van der Waals surface area contributed by atoms with Crippen molar-refractivity contribution < 1.29 is 8.78 Å². The summed E-state index contributed by atoms with van der Waals surface area (Å²) in [6, 6.07) is 7.91. The molecule has 2 rings (SSSR count). The first kappa shape index (κ1) is 12.8. The molecule has 0 amide bonds. The fraction of sp³-hybridized carbons (Fsp3) is 0. The zero-order valence-corrected chi connectivity index (χ0v) is 10.4. The molecule has 2 aromatic carbocycles. The third-order valence-corrected chi connectivity index (χ3v) is 2.92. The van der Waals surface area contributed by atoms with Gasteiger partial charge in [0.15, 0.2) is 0 Å². The first-order chi connectivity index (χ1) is 8.52. The molecule has 1 nitrogen and oxygen atoms in total. The predicted octanol–water partition coefficient (Wildman–Crippen LogP) is 4.81. The topological polar surface area (TPSA) is 23.8 Å². The van der Waals surface area contributed by atoms with Gasteiger partial charge in [0.1, 0.15) is 11.6 Å². The standard InChI is InChI=1S/C13H5Cl2F2N/c14-8-1-2-9(10(15)5-8)13-11(16)3-7(6-18)4-12(13)17/h1-5H. The minimum Gasteiger partial charge on any atom is -0.206 e. The van der Waals surface area contributed by atoms with Gasteiger partial charge in [-0.25, -0.2) is 8.78 Å². The number of halogens is 4. The summed E-state index contributed by atoms with van der Waals surface area (Å²) in [5.74, 6) is -1.67. The summed E-state index contributed by atoms with van der Waals surface area (Å²) < 4.78 is 27.6. The van der Waals surface area contributed by atoms with E-state index in [1.807, 2.05) is 0 Å². The van der Waals surface area contributed by atoms with Crippen LogP contribution in [0.5, 0.6) is 0 Å². The summed E-state index contributed by atoms with van der Waals surface area (Å²) in [6.45, 7) is 0. The maximum absolute atomic E-state index is 13.8. The Morgan fingerprint density at radius 2 is 1.61 bits per heavy atom. The maximum atomic E-state index is 13.8.